The van der Waals surface area contributed by atoms with Gasteiger partial charge in [-0.05, 0) is 61.7 Å². The summed E-state index contributed by atoms with van der Waals surface area (Å²) in [7, 11) is 1.50. The summed E-state index contributed by atoms with van der Waals surface area (Å²) in [6.45, 7) is 6.14. The number of amides is 1. The van der Waals surface area contributed by atoms with E-state index < -0.39 is 5.91 Å². The van der Waals surface area contributed by atoms with E-state index in [0.29, 0.717) is 34.4 Å². The second-order valence-electron chi connectivity index (χ2n) is 5.84. The van der Waals surface area contributed by atoms with Crippen molar-refractivity contribution >= 4 is 29.3 Å². The van der Waals surface area contributed by atoms with E-state index in [2.05, 4.69) is 5.32 Å². The third kappa shape index (κ3) is 4.81. The van der Waals surface area contributed by atoms with Gasteiger partial charge in [0, 0.05) is 5.69 Å². The number of methoxy groups -OCH3 is 1. The molecular formula is C21H21ClN2O3. The van der Waals surface area contributed by atoms with Crippen LogP contribution in [0.5, 0.6) is 11.5 Å². The number of benzene rings is 2. The van der Waals surface area contributed by atoms with Gasteiger partial charge >= 0.3 is 0 Å². The van der Waals surface area contributed by atoms with Crippen LogP contribution in [0.25, 0.3) is 6.08 Å². The second kappa shape index (κ2) is 9.11. The van der Waals surface area contributed by atoms with Gasteiger partial charge in [-0.3, -0.25) is 4.79 Å². The molecule has 0 aromatic heterocycles. The van der Waals surface area contributed by atoms with Crippen LogP contribution < -0.4 is 14.8 Å². The van der Waals surface area contributed by atoms with Gasteiger partial charge in [-0.1, -0.05) is 23.7 Å². The normalized spacial score (nSPS) is 10.9. The molecule has 0 unspecified atom stereocenters. The van der Waals surface area contributed by atoms with Crippen molar-refractivity contribution in [1.29, 1.82) is 5.26 Å². The van der Waals surface area contributed by atoms with E-state index in [0.717, 1.165) is 11.1 Å². The highest BCUT2D eigenvalue weighted by molar-refractivity contribution is 6.32. The van der Waals surface area contributed by atoms with Gasteiger partial charge in [0.1, 0.15) is 11.6 Å². The molecule has 5 nitrogen and oxygen atoms in total. The van der Waals surface area contributed by atoms with Crippen molar-refractivity contribution in [3.05, 3.63) is 57.6 Å². The molecule has 2 aromatic carbocycles. The molecule has 6 heteroatoms. The van der Waals surface area contributed by atoms with Crippen LogP contribution in [0.4, 0.5) is 5.69 Å². The Morgan fingerprint density at radius 3 is 2.70 bits per heavy atom. The molecular weight excluding hydrogens is 364 g/mol. The molecule has 2 aromatic rings. The van der Waals surface area contributed by atoms with E-state index in [-0.39, 0.29) is 5.57 Å². The molecule has 0 aliphatic carbocycles. The Balaban J connectivity index is 2.36. The van der Waals surface area contributed by atoms with Crippen LogP contribution in [0.15, 0.2) is 35.9 Å². The number of halogens is 1. The van der Waals surface area contributed by atoms with Crippen LogP contribution in [-0.4, -0.2) is 19.6 Å². The molecule has 2 rings (SSSR count). The van der Waals surface area contributed by atoms with Crippen molar-refractivity contribution in [2.45, 2.75) is 20.8 Å². The summed E-state index contributed by atoms with van der Waals surface area (Å²) < 4.78 is 10.8. The summed E-state index contributed by atoms with van der Waals surface area (Å²) >= 11 is 6.23. The zero-order valence-corrected chi connectivity index (χ0v) is 16.5. The summed E-state index contributed by atoms with van der Waals surface area (Å²) in [5.41, 5.74) is 3.20. The molecule has 140 valence electrons. The lowest BCUT2D eigenvalue weighted by molar-refractivity contribution is -0.112. The second-order valence-corrected chi connectivity index (χ2v) is 6.25. The largest absolute Gasteiger partial charge is 0.491 e. The average molecular weight is 385 g/mol. The maximum Gasteiger partial charge on any atom is 0.266 e. The smallest absolute Gasteiger partial charge is 0.266 e. The number of nitrogens with zero attached hydrogens (tertiary/aromatic N) is 1. The third-order valence-electron chi connectivity index (χ3n) is 4.06. The van der Waals surface area contributed by atoms with Gasteiger partial charge in [0.25, 0.3) is 5.91 Å². The summed E-state index contributed by atoms with van der Waals surface area (Å²) in [6, 6.07) is 10.8. The van der Waals surface area contributed by atoms with E-state index in [4.69, 9.17) is 21.1 Å². The highest BCUT2D eigenvalue weighted by atomic mass is 35.5. The molecule has 0 spiro atoms. The Morgan fingerprint density at radius 1 is 1.33 bits per heavy atom. The number of carbonyl (C=O) groups is 1. The Morgan fingerprint density at radius 2 is 2.07 bits per heavy atom. The first-order valence-corrected chi connectivity index (χ1v) is 8.78. The first-order valence-electron chi connectivity index (χ1n) is 8.41. The predicted octanol–water partition coefficient (Wildman–Crippen LogP) is 4.91. The number of carbonyl (C=O) groups excluding carboxylic acids is 1. The maximum absolute atomic E-state index is 12.5. The molecule has 0 aliphatic heterocycles. The number of nitriles is 1. The molecule has 0 fully saturated rings. The van der Waals surface area contributed by atoms with E-state index in [1.54, 1.807) is 18.2 Å². The lowest BCUT2D eigenvalue weighted by atomic mass is 10.1. The Kier molecular flexibility index (Phi) is 6.86. The molecule has 0 saturated heterocycles. The van der Waals surface area contributed by atoms with Crippen LogP contribution in [0.1, 0.15) is 23.6 Å². The SMILES string of the molecule is CCOc1cc(/C=C(\C#N)C(=O)Nc2cccc(C)c2C)cc(Cl)c1OC. The number of aryl methyl sites for hydroxylation is 1. The zero-order valence-electron chi connectivity index (χ0n) is 15.7. The monoisotopic (exact) mass is 384 g/mol. The van der Waals surface area contributed by atoms with Crippen molar-refractivity contribution in [3.63, 3.8) is 0 Å². The minimum absolute atomic E-state index is 0.0420. The van der Waals surface area contributed by atoms with E-state index in [1.807, 2.05) is 39.0 Å². The summed E-state index contributed by atoms with van der Waals surface area (Å²) in [5.74, 6) is 0.371. The van der Waals surface area contributed by atoms with E-state index in [9.17, 15) is 10.1 Å². The van der Waals surface area contributed by atoms with Gasteiger partial charge in [-0.15, -0.1) is 0 Å². The average Bonchev–Trinajstić information content (AvgIpc) is 2.63. The minimum atomic E-state index is -0.490. The third-order valence-corrected chi connectivity index (χ3v) is 4.35. The molecule has 1 N–H and O–H groups in total. The summed E-state index contributed by atoms with van der Waals surface area (Å²) in [4.78, 5) is 12.5. The minimum Gasteiger partial charge on any atom is -0.491 e. The Bertz CT molecular complexity index is 930. The number of rotatable bonds is 6. The molecule has 0 heterocycles. The van der Waals surface area contributed by atoms with Gasteiger partial charge in [0.15, 0.2) is 11.5 Å². The van der Waals surface area contributed by atoms with E-state index in [1.165, 1.54) is 13.2 Å². The summed E-state index contributed by atoms with van der Waals surface area (Å²) in [6.07, 6.45) is 1.47. The van der Waals surface area contributed by atoms with Gasteiger partial charge in [-0.2, -0.15) is 5.26 Å². The van der Waals surface area contributed by atoms with Gasteiger partial charge < -0.3 is 14.8 Å². The molecule has 0 saturated carbocycles. The zero-order chi connectivity index (χ0) is 20.0. The number of anilines is 1. The molecule has 0 aliphatic rings. The maximum atomic E-state index is 12.5. The lowest BCUT2D eigenvalue weighted by Gasteiger charge is -2.12. The lowest BCUT2D eigenvalue weighted by Crippen LogP contribution is -2.14. The molecule has 27 heavy (non-hydrogen) atoms. The van der Waals surface area contributed by atoms with E-state index >= 15 is 0 Å². The number of hydrogen-bond acceptors (Lipinski definition) is 4. The van der Waals surface area contributed by atoms with Crippen molar-refractivity contribution in [1.82, 2.24) is 0 Å². The fraction of sp³-hybridized carbons (Fsp3) is 0.238. The first-order chi connectivity index (χ1) is 12.9. The van der Waals surface area contributed by atoms with Crippen LogP contribution >= 0.6 is 11.6 Å². The Labute approximate surface area is 164 Å². The van der Waals surface area contributed by atoms with Crippen molar-refractivity contribution in [2.24, 2.45) is 0 Å². The van der Waals surface area contributed by atoms with Crippen LogP contribution in [-0.2, 0) is 4.79 Å². The first kappa shape index (κ1) is 20.3. The fourth-order valence-electron chi connectivity index (χ4n) is 2.52. The number of ether oxygens (including phenoxy) is 2. The van der Waals surface area contributed by atoms with Crippen LogP contribution in [0.2, 0.25) is 5.02 Å². The molecule has 0 atom stereocenters. The fourth-order valence-corrected chi connectivity index (χ4v) is 2.82. The van der Waals surface area contributed by atoms with Crippen molar-refractivity contribution in [3.8, 4) is 17.6 Å². The highest BCUT2D eigenvalue weighted by Gasteiger charge is 2.14. The summed E-state index contributed by atoms with van der Waals surface area (Å²) in [5, 5.41) is 12.6. The Hall–Kier alpha value is -2.97. The standard InChI is InChI=1S/C21H21ClN2O3/c1-5-27-19-11-15(10-17(22)20(19)26-4)9-16(12-23)21(25)24-18-8-6-7-13(2)14(18)3/h6-11H,5H2,1-4H3,(H,24,25)/b16-9+. The van der Waals surface area contributed by atoms with Crippen LogP contribution in [0.3, 0.4) is 0 Å². The molecule has 1 amide bonds. The van der Waals surface area contributed by atoms with Gasteiger partial charge in [-0.25, -0.2) is 0 Å². The van der Waals surface area contributed by atoms with Gasteiger partial charge in [0.05, 0.1) is 18.7 Å². The molecule has 0 bridgehead atoms. The topological polar surface area (TPSA) is 71.3 Å². The highest BCUT2D eigenvalue weighted by Crippen LogP contribution is 2.37. The molecule has 0 radical (unpaired) electrons. The van der Waals surface area contributed by atoms with Crippen LogP contribution in [0, 0.1) is 25.2 Å². The number of nitrogens with one attached hydrogen (secondary N) is 1. The van der Waals surface area contributed by atoms with Crippen molar-refractivity contribution < 1.29 is 14.3 Å². The quantitative estimate of drug-likeness (QED) is 0.567. The van der Waals surface area contributed by atoms with Crippen molar-refractivity contribution in [2.75, 3.05) is 19.0 Å². The number of hydrogen-bond donors (Lipinski definition) is 1. The predicted molar refractivity (Wildman–Crippen MR) is 107 cm³/mol. The van der Waals surface area contributed by atoms with Gasteiger partial charge in [0.2, 0.25) is 0 Å².